The number of hydrogen-bond donors (Lipinski definition) is 5. The molecular formula is C63H92F4N6O13SSn. The molecule has 3 aromatic carbocycles. The minimum atomic E-state index is -2.56. The maximum absolute atomic E-state index is 14.5. The number of anilines is 1. The molecule has 6 amide bonds. The first-order valence-corrected chi connectivity index (χ1v) is 39.7. The number of carbonyl (C=O) groups excluding carboxylic acids is 6. The van der Waals surface area contributed by atoms with Crippen molar-refractivity contribution in [1.29, 1.82) is 0 Å². The van der Waals surface area contributed by atoms with Gasteiger partial charge < -0.3 is 54.6 Å². The molecule has 2 saturated heterocycles. The van der Waals surface area contributed by atoms with Crippen LogP contribution in [0.3, 0.4) is 0 Å². The number of unbranched alkanes of at least 4 members (excludes halogenated alkanes) is 4. The third-order valence-corrected chi connectivity index (χ3v) is 32.5. The van der Waals surface area contributed by atoms with Gasteiger partial charge in [0.25, 0.3) is 5.91 Å². The van der Waals surface area contributed by atoms with Crippen LogP contribution in [0.4, 0.5) is 28.0 Å². The molecule has 490 valence electrons. The Bertz CT molecular complexity index is 2600. The minimum absolute atomic E-state index is 0.0385. The second kappa shape index (κ2) is 41.3. The van der Waals surface area contributed by atoms with E-state index in [9.17, 15) is 46.3 Å². The summed E-state index contributed by atoms with van der Waals surface area (Å²) in [6, 6.07) is 12.0. The normalized spacial score (nSPS) is 15.4. The van der Waals surface area contributed by atoms with E-state index in [2.05, 4.69) is 59.5 Å². The molecule has 0 bridgehead atoms. The SMILES string of the molecule is CCC[CH2][Sn]([CH2]CCC)([CH2]CCC)[c]1ccc(C(=O)NCCCOCCOCCOCCCNC(=O)c2cc(NC(=O)CCOCCOCCOCCN(C)C(=O)CCCCC3SCC4NC(=O)NC43)cc(C(=O)Oc3c(F)c(F)cc(F)c3F)c2)cc1. The maximum atomic E-state index is 14.5. The molecular weight excluding hydrogens is 1280 g/mol. The first kappa shape index (κ1) is 73.6. The van der Waals surface area contributed by atoms with Gasteiger partial charge in [0.2, 0.25) is 29.2 Å². The van der Waals surface area contributed by atoms with E-state index in [1.54, 1.807) is 15.5 Å². The van der Waals surface area contributed by atoms with Crippen molar-refractivity contribution in [1.82, 2.24) is 26.2 Å². The average molecular weight is 1370 g/mol. The molecule has 0 spiro atoms. The van der Waals surface area contributed by atoms with Gasteiger partial charge in [0, 0.05) is 61.5 Å². The van der Waals surface area contributed by atoms with Crippen LogP contribution in [0.5, 0.6) is 5.75 Å². The van der Waals surface area contributed by atoms with Crippen molar-refractivity contribution < 1.29 is 79.5 Å². The quantitative estimate of drug-likeness (QED) is 0.00676. The summed E-state index contributed by atoms with van der Waals surface area (Å²) in [6.07, 6.45) is 11.4. The Morgan fingerprint density at radius 3 is 1.69 bits per heavy atom. The number of amides is 6. The number of benzene rings is 3. The van der Waals surface area contributed by atoms with Gasteiger partial charge in [-0.25, -0.2) is 18.4 Å². The molecule has 25 heteroatoms. The summed E-state index contributed by atoms with van der Waals surface area (Å²) in [4.78, 5) is 78.2. The number of urea groups is 1. The van der Waals surface area contributed by atoms with E-state index < -0.39 is 70.7 Å². The Kier molecular flexibility index (Phi) is 34.6. The number of nitrogens with zero attached hydrogens (tertiary/aromatic N) is 1. The second-order valence-electron chi connectivity index (χ2n) is 22.0. The van der Waals surface area contributed by atoms with Crippen molar-refractivity contribution in [3.8, 4) is 5.75 Å². The van der Waals surface area contributed by atoms with Crippen LogP contribution in [0.15, 0.2) is 48.5 Å². The van der Waals surface area contributed by atoms with E-state index in [-0.39, 0.29) is 106 Å². The van der Waals surface area contributed by atoms with Gasteiger partial charge in [-0.1, -0.05) is 6.42 Å². The van der Waals surface area contributed by atoms with Crippen molar-refractivity contribution in [2.75, 3.05) is 117 Å². The van der Waals surface area contributed by atoms with Gasteiger partial charge in [-0.15, -0.1) is 0 Å². The summed E-state index contributed by atoms with van der Waals surface area (Å²) < 4.78 is 101. The van der Waals surface area contributed by atoms with Gasteiger partial charge >= 0.3 is 190 Å². The fraction of sp³-hybridized carbons (Fsp3) is 0.619. The summed E-state index contributed by atoms with van der Waals surface area (Å²) in [5.74, 6) is -11.0. The van der Waals surface area contributed by atoms with E-state index in [1.165, 1.54) is 57.9 Å². The molecule has 2 aliphatic rings. The molecule has 0 aliphatic carbocycles. The number of carbonyl (C=O) groups is 6. The van der Waals surface area contributed by atoms with Crippen LogP contribution in [0, 0.1) is 23.3 Å². The first-order chi connectivity index (χ1) is 42.6. The zero-order valence-electron chi connectivity index (χ0n) is 51.7. The molecule has 0 radical (unpaired) electrons. The molecule has 3 unspecified atom stereocenters. The predicted molar refractivity (Wildman–Crippen MR) is 332 cm³/mol. The van der Waals surface area contributed by atoms with Gasteiger partial charge in [-0.3, -0.25) is 14.4 Å². The van der Waals surface area contributed by atoms with Gasteiger partial charge in [0.15, 0.2) is 11.6 Å². The third kappa shape index (κ3) is 25.7. The molecule has 0 aromatic heterocycles. The number of thioether (sulfide) groups is 1. The van der Waals surface area contributed by atoms with Crippen LogP contribution < -0.4 is 34.9 Å². The third-order valence-electron chi connectivity index (χ3n) is 15.3. The standard InChI is InChI=1S/C51H65F4N6O13S.3C4H9.Sn/c1-61(43(63)12-6-5-11-41-46-40(33-75-41)59-51(67)60-46)16-20-71-24-28-73-27-23-70-19-13-42(62)58-37-30-35(29-36(31-37)50(66)74-47-44(54)38(52)32-39(53)45(47)55)49(65)57-15-8-18-69-22-26-72-25-21-68-17-7-14-56-48(64)34-9-3-2-4-10-34;3*1-3-4-2;/h3-4,9-10,29-32,40-41,46H,5-8,11-28,33H2,1H3,(H,56,64)(H,57,65)(H,58,62)(H2,59,60,67);3*1,3-4H2,2H3;. The van der Waals surface area contributed by atoms with Crippen LogP contribution in [-0.2, 0) is 38.0 Å². The molecule has 3 atom stereocenters. The van der Waals surface area contributed by atoms with E-state index in [1.807, 2.05) is 23.9 Å². The van der Waals surface area contributed by atoms with E-state index in [0.717, 1.165) is 37.1 Å². The number of esters is 1. The van der Waals surface area contributed by atoms with E-state index >= 15 is 0 Å². The molecule has 2 heterocycles. The molecule has 3 aromatic rings. The molecule has 2 aliphatic heterocycles. The summed E-state index contributed by atoms with van der Waals surface area (Å²) >= 11 is -0.700. The van der Waals surface area contributed by atoms with Crippen molar-refractivity contribution in [3.05, 3.63) is 88.5 Å². The van der Waals surface area contributed by atoms with Crippen molar-refractivity contribution in [3.63, 3.8) is 0 Å². The average Bonchev–Trinajstić information content (AvgIpc) is 4.03. The number of hydrogen-bond acceptors (Lipinski definition) is 14. The summed E-state index contributed by atoms with van der Waals surface area (Å²) in [5.41, 5.74) is -0.0482. The number of fused-ring (bicyclic) bond motifs is 1. The van der Waals surface area contributed by atoms with Crippen LogP contribution in [0.2, 0.25) is 13.3 Å². The van der Waals surface area contributed by atoms with Gasteiger partial charge in [0.05, 0.1) is 76.9 Å². The topological polar surface area (TPSA) is 230 Å². The molecule has 0 saturated carbocycles. The fourth-order valence-corrected chi connectivity index (χ4v) is 27.8. The van der Waals surface area contributed by atoms with E-state index in [4.69, 9.17) is 33.2 Å². The van der Waals surface area contributed by atoms with Crippen LogP contribution >= 0.6 is 11.8 Å². The molecule has 5 rings (SSSR count). The number of rotatable bonds is 46. The number of nitrogens with one attached hydrogen (secondary N) is 5. The zero-order valence-corrected chi connectivity index (χ0v) is 55.3. The Hall–Kier alpha value is -5.09. The van der Waals surface area contributed by atoms with Crippen molar-refractivity contribution >= 4 is 75.0 Å². The molecule has 2 fully saturated rings. The van der Waals surface area contributed by atoms with Crippen molar-refractivity contribution in [2.45, 2.75) is 135 Å². The summed E-state index contributed by atoms with van der Waals surface area (Å²) in [7, 11) is 1.74. The Morgan fingerprint density at radius 2 is 1.12 bits per heavy atom. The molecule has 19 nitrogen and oxygen atoms in total. The summed E-state index contributed by atoms with van der Waals surface area (Å²) in [6.45, 7) is 11.1. The second-order valence-corrected chi connectivity index (χ2v) is 36.5. The summed E-state index contributed by atoms with van der Waals surface area (Å²) in [5, 5.41) is 14.5. The molecule has 88 heavy (non-hydrogen) atoms. The number of likely N-dealkylation sites (N-methyl/N-ethyl adjacent to an activating group) is 1. The van der Waals surface area contributed by atoms with Crippen LogP contribution in [0.1, 0.15) is 135 Å². The van der Waals surface area contributed by atoms with Gasteiger partial charge in [0.1, 0.15) is 0 Å². The first-order valence-electron chi connectivity index (χ1n) is 31.2. The number of ether oxygens (including phenoxy) is 7. The monoisotopic (exact) mass is 1370 g/mol. The number of halogens is 4. The Morgan fingerprint density at radius 1 is 0.602 bits per heavy atom. The Labute approximate surface area is 524 Å². The van der Waals surface area contributed by atoms with Crippen molar-refractivity contribution in [2.24, 2.45) is 0 Å². The van der Waals surface area contributed by atoms with Crippen LogP contribution in [-0.4, -0.2) is 188 Å². The van der Waals surface area contributed by atoms with Gasteiger partial charge in [-0.05, 0) is 37.5 Å². The zero-order chi connectivity index (χ0) is 63.5. The Balaban J connectivity index is 0.924. The van der Waals surface area contributed by atoms with Gasteiger partial charge in [-0.2, -0.15) is 20.5 Å². The van der Waals surface area contributed by atoms with E-state index in [0.29, 0.717) is 76.2 Å². The predicted octanol–water partition coefficient (Wildman–Crippen LogP) is 9.07. The molecule has 5 N–H and O–H groups in total. The fourth-order valence-electron chi connectivity index (χ4n) is 10.3. The van der Waals surface area contributed by atoms with Crippen LogP contribution in [0.25, 0.3) is 0 Å².